The van der Waals surface area contributed by atoms with Crippen molar-refractivity contribution in [3.63, 3.8) is 0 Å². The summed E-state index contributed by atoms with van der Waals surface area (Å²) in [5.74, 6) is 0. The minimum absolute atomic E-state index is 0.176. The monoisotopic (exact) mass is 452 g/mol. The second-order valence-corrected chi connectivity index (χ2v) is 9.91. The quantitative estimate of drug-likeness (QED) is 0.419. The van der Waals surface area contributed by atoms with Crippen LogP contribution in [0.3, 0.4) is 0 Å². The van der Waals surface area contributed by atoms with Gasteiger partial charge in [-0.3, -0.25) is 4.31 Å². The maximum absolute atomic E-state index is 13.6. The lowest BCUT2D eigenvalue weighted by Gasteiger charge is -2.31. The van der Waals surface area contributed by atoms with Crippen LogP contribution < -0.4 is 4.31 Å². The molecule has 0 radical (unpaired) electrons. The number of anilines is 1. The van der Waals surface area contributed by atoms with E-state index in [1.807, 2.05) is 62.4 Å². The molecule has 2 aromatic carbocycles. The molecule has 1 aliphatic rings. The molecule has 3 heterocycles. The number of rotatable bonds is 4. The van der Waals surface area contributed by atoms with E-state index in [2.05, 4.69) is 5.10 Å². The van der Waals surface area contributed by atoms with E-state index in [0.717, 1.165) is 35.2 Å². The summed E-state index contributed by atoms with van der Waals surface area (Å²) in [6.45, 7) is 4.37. The Morgan fingerprint density at radius 1 is 1.10 bits per heavy atom. The van der Waals surface area contributed by atoms with Gasteiger partial charge in [0.05, 0.1) is 23.3 Å². The van der Waals surface area contributed by atoms with Crippen LogP contribution in [0.25, 0.3) is 28.0 Å². The zero-order valence-corrected chi connectivity index (χ0v) is 18.8. The number of fused-ring (bicyclic) bond motifs is 4. The second-order valence-electron chi connectivity index (χ2n) is 7.64. The van der Waals surface area contributed by atoms with Crippen LogP contribution in [0.2, 0.25) is 5.02 Å². The average Bonchev–Trinajstić information content (AvgIpc) is 3.07. The number of nitrogens with zero attached hydrogens (tertiary/aromatic N) is 4. The van der Waals surface area contributed by atoms with Gasteiger partial charge in [-0.1, -0.05) is 55.3 Å². The van der Waals surface area contributed by atoms with Crippen molar-refractivity contribution in [3.05, 3.63) is 65.4 Å². The molecule has 8 heteroatoms. The highest BCUT2D eigenvalue weighted by Gasteiger charge is 2.36. The molecule has 0 saturated carbocycles. The van der Waals surface area contributed by atoms with Crippen molar-refractivity contribution in [1.82, 2.24) is 14.6 Å². The van der Waals surface area contributed by atoms with Gasteiger partial charge in [0, 0.05) is 22.7 Å². The number of aryl methyl sites for hydroxylation is 1. The smallest absolute Gasteiger partial charge is 0.266 e. The molecule has 1 aliphatic heterocycles. The van der Waals surface area contributed by atoms with Crippen LogP contribution in [0.4, 0.5) is 5.69 Å². The van der Waals surface area contributed by atoms with Gasteiger partial charge in [0.15, 0.2) is 5.65 Å². The predicted molar refractivity (Wildman–Crippen MR) is 123 cm³/mol. The van der Waals surface area contributed by atoms with E-state index in [1.54, 1.807) is 10.7 Å². The lowest BCUT2D eigenvalue weighted by Crippen LogP contribution is -2.35. The van der Waals surface area contributed by atoms with Gasteiger partial charge in [0.1, 0.15) is 4.90 Å². The van der Waals surface area contributed by atoms with Crippen molar-refractivity contribution in [3.8, 4) is 22.4 Å². The van der Waals surface area contributed by atoms with Crippen molar-refractivity contribution >= 4 is 33.0 Å². The molecule has 2 aromatic heterocycles. The van der Waals surface area contributed by atoms with Crippen molar-refractivity contribution in [2.24, 2.45) is 0 Å². The molecule has 6 nitrogen and oxygen atoms in total. The van der Waals surface area contributed by atoms with Crippen LogP contribution in [-0.2, 0) is 10.0 Å². The molecule has 0 amide bonds. The van der Waals surface area contributed by atoms with Gasteiger partial charge in [-0.25, -0.2) is 17.9 Å². The molecule has 0 atom stereocenters. The number of hydrogen-bond donors (Lipinski definition) is 0. The minimum atomic E-state index is -3.75. The fourth-order valence-corrected chi connectivity index (χ4v) is 5.96. The summed E-state index contributed by atoms with van der Waals surface area (Å²) >= 11 is 6.21. The highest BCUT2D eigenvalue weighted by molar-refractivity contribution is 7.93. The van der Waals surface area contributed by atoms with Gasteiger partial charge >= 0.3 is 0 Å². The standard InChI is InChI=1S/C23H21ClN4O2S/c1-3-4-12-28-19-11-6-5-10-18(19)22-20(31(28,29)30)14-27-23(25-22)21(15(2)26-27)16-8-7-9-17(24)13-16/h5-11,13-14H,3-4,12H2,1-2H3. The topological polar surface area (TPSA) is 67.6 Å². The molecule has 0 N–H and O–H groups in total. The third kappa shape index (κ3) is 3.11. The summed E-state index contributed by atoms with van der Waals surface area (Å²) in [4.78, 5) is 5.02. The Morgan fingerprint density at radius 2 is 1.90 bits per heavy atom. The number of unbranched alkanes of at least 4 members (excludes halogenated alkanes) is 1. The third-order valence-electron chi connectivity index (χ3n) is 5.57. The number of sulfonamides is 1. The number of benzene rings is 2. The lowest BCUT2D eigenvalue weighted by atomic mass is 10.1. The van der Waals surface area contributed by atoms with Crippen molar-refractivity contribution in [2.75, 3.05) is 10.8 Å². The highest BCUT2D eigenvalue weighted by atomic mass is 35.5. The normalized spacial score (nSPS) is 14.5. The highest BCUT2D eigenvalue weighted by Crippen LogP contribution is 2.43. The first kappa shape index (κ1) is 20.0. The van der Waals surface area contributed by atoms with Gasteiger partial charge in [0.25, 0.3) is 10.0 Å². The molecule has 0 saturated heterocycles. The Hall–Kier alpha value is -2.90. The molecular weight excluding hydrogens is 432 g/mol. The molecular formula is C23H21ClN4O2S. The molecule has 0 spiro atoms. The van der Waals surface area contributed by atoms with Crippen molar-refractivity contribution in [2.45, 2.75) is 31.6 Å². The van der Waals surface area contributed by atoms with E-state index in [4.69, 9.17) is 16.6 Å². The summed E-state index contributed by atoms with van der Waals surface area (Å²) in [5.41, 5.74) is 5.02. The lowest BCUT2D eigenvalue weighted by molar-refractivity contribution is 0.586. The molecule has 158 valence electrons. The molecule has 0 fully saturated rings. The van der Waals surface area contributed by atoms with Crippen molar-refractivity contribution in [1.29, 1.82) is 0 Å². The van der Waals surface area contributed by atoms with E-state index >= 15 is 0 Å². The third-order valence-corrected chi connectivity index (χ3v) is 7.62. The summed E-state index contributed by atoms with van der Waals surface area (Å²) < 4.78 is 30.2. The van der Waals surface area contributed by atoms with Gasteiger partial charge < -0.3 is 0 Å². The number of aromatic nitrogens is 3. The zero-order valence-electron chi connectivity index (χ0n) is 17.2. The largest absolute Gasteiger partial charge is 0.268 e. The SMILES string of the molecule is CCCCN1c2ccccc2-c2nc3c(-c4cccc(Cl)c4)c(C)nn3cc2S1(=O)=O. The average molecular weight is 453 g/mol. The first-order valence-electron chi connectivity index (χ1n) is 10.2. The number of hydrogen-bond acceptors (Lipinski definition) is 4. The molecule has 5 rings (SSSR count). The summed E-state index contributed by atoms with van der Waals surface area (Å²) in [6.07, 6.45) is 3.26. The van der Waals surface area contributed by atoms with E-state index < -0.39 is 10.0 Å². The number of halogens is 1. The van der Waals surface area contributed by atoms with Crippen LogP contribution in [-0.4, -0.2) is 29.6 Å². The van der Waals surface area contributed by atoms with Crippen LogP contribution >= 0.6 is 11.6 Å². The fraction of sp³-hybridized carbons (Fsp3) is 0.217. The first-order valence-corrected chi connectivity index (χ1v) is 12.0. The van der Waals surface area contributed by atoms with E-state index in [1.165, 1.54) is 4.31 Å². The fourth-order valence-electron chi connectivity index (χ4n) is 4.11. The predicted octanol–water partition coefficient (Wildman–Crippen LogP) is 5.33. The second kappa shape index (κ2) is 7.35. The Labute approximate surface area is 186 Å². The van der Waals surface area contributed by atoms with Gasteiger partial charge in [-0.05, 0) is 37.1 Å². The summed E-state index contributed by atoms with van der Waals surface area (Å²) in [7, 11) is -3.75. The number of para-hydroxylation sites is 1. The van der Waals surface area contributed by atoms with Gasteiger partial charge in [-0.15, -0.1) is 0 Å². The maximum atomic E-state index is 13.6. The van der Waals surface area contributed by atoms with E-state index in [-0.39, 0.29) is 4.90 Å². The van der Waals surface area contributed by atoms with Crippen LogP contribution in [0.1, 0.15) is 25.5 Å². The molecule has 0 unspecified atom stereocenters. The van der Waals surface area contributed by atoms with E-state index in [0.29, 0.717) is 28.6 Å². The maximum Gasteiger partial charge on any atom is 0.268 e. The van der Waals surface area contributed by atoms with E-state index in [9.17, 15) is 8.42 Å². The Kier molecular flexibility index (Phi) is 4.75. The Bertz CT molecular complexity index is 1430. The van der Waals surface area contributed by atoms with Gasteiger partial charge in [0.2, 0.25) is 0 Å². The Morgan fingerprint density at radius 3 is 2.68 bits per heavy atom. The Balaban J connectivity index is 1.80. The molecule has 0 aliphatic carbocycles. The minimum Gasteiger partial charge on any atom is -0.266 e. The molecule has 31 heavy (non-hydrogen) atoms. The van der Waals surface area contributed by atoms with Crippen LogP contribution in [0.5, 0.6) is 0 Å². The van der Waals surface area contributed by atoms with Crippen molar-refractivity contribution < 1.29 is 8.42 Å². The zero-order chi connectivity index (χ0) is 21.8. The molecule has 4 aromatic rings. The molecule has 0 bridgehead atoms. The summed E-state index contributed by atoms with van der Waals surface area (Å²) in [5, 5.41) is 5.18. The van der Waals surface area contributed by atoms with Crippen LogP contribution in [0, 0.1) is 6.92 Å². The first-order chi connectivity index (χ1) is 14.9. The van der Waals surface area contributed by atoms with Gasteiger partial charge in [-0.2, -0.15) is 5.10 Å². The summed E-state index contributed by atoms with van der Waals surface area (Å²) in [6, 6.07) is 15.0. The van der Waals surface area contributed by atoms with Crippen LogP contribution in [0.15, 0.2) is 59.6 Å².